The molecule has 0 aliphatic carbocycles. The van der Waals surface area contributed by atoms with Crippen LogP contribution < -0.4 is 14.4 Å². The third-order valence-corrected chi connectivity index (χ3v) is 6.82. The second-order valence-corrected chi connectivity index (χ2v) is 9.38. The van der Waals surface area contributed by atoms with Crippen LogP contribution in [0, 0.1) is 6.92 Å². The summed E-state index contributed by atoms with van der Waals surface area (Å²) in [6.07, 6.45) is 1.38. The van der Waals surface area contributed by atoms with Gasteiger partial charge in [-0.3, -0.25) is 9.69 Å². The molecule has 2 aromatic carbocycles. The van der Waals surface area contributed by atoms with Gasteiger partial charge in [-0.05, 0) is 24.5 Å². The van der Waals surface area contributed by atoms with E-state index < -0.39 is 10.0 Å². The van der Waals surface area contributed by atoms with Gasteiger partial charge in [0.25, 0.3) is 5.91 Å². The Kier molecular flexibility index (Phi) is 6.45. The van der Waals surface area contributed by atoms with E-state index in [1.807, 2.05) is 30.3 Å². The lowest BCUT2D eigenvalue weighted by Gasteiger charge is -2.29. The van der Waals surface area contributed by atoms with Crippen molar-refractivity contribution in [1.82, 2.24) is 14.9 Å². The zero-order valence-corrected chi connectivity index (χ0v) is 18.8. The molecule has 0 atom stereocenters. The highest BCUT2D eigenvalue weighted by molar-refractivity contribution is 7.89. The summed E-state index contributed by atoms with van der Waals surface area (Å²) in [6, 6.07) is 12.5. The largest absolute Gasteiger partial charge is 0.482 e. The SMILES string of the molecule is Cc1nc(CN2C(=O)COc3cc(S(=O)(=O)NCCCc4ccccc4)c(Cl)cc32)no1. The van der Waals surface area contributed by atoms with Gasteiger partial charge in [0.2, 0.25) is 15.9 Å². The van der Waals surface area contributed by atoms with Crippen LogP contribution in [-0.4, -0.2) is 37.6 Å². The van der Waals surface area contributed by atoms with Gasteiger partial charge in [0.05, 0.1) is 17.3 Å². The van der Waals surface area contributed by atoms with Gasteiger partial charge in [-0.25, -0.2) is 13.1 Å². The maximum Gasteiger partial charge on any atom is 0.265 e. The molecule has 1 amide bonds. The molecule has 168 valence electrons. The summed E-state index contributed by atoms with van der Waals surface area (Å²) in [4.78, 5) is 17.8. The Balaban J connectivity index is 1.50. The van der Waals surface area contributed by atoms with Crippen LogP contribution in [0.25, 0.3) is 0 Å². The average molecular weight is 477 g/mol. The van der Waals surface area contributed by atoms with Crippen molar-refractivity contribution in [3.63, 3.8) is 0 Å². The Bertz CT molecular complexity index is 1230. The number of nitrogens with one attached hydrogen (secondary N) is 1. The monoisotopic (exact) mass is 476 g/mol. The number of hydrogen-bond donors (Lipinski definition) is 1. The maximum atomic E-state index is 12.8. The van der Waals surface area contributed by atoms with E-state index in [0.29, 0.717) is 23.8 Å². The fourth-order valence-electron chi connectivity index (χ4n) is 3.35. The van der Waals surface area contributed by atoms with Crippen molar-refractivity contribution >= 4 is 33.2 Å². The molecule has 0 saturated carbocycles. The van der Waals surface area contributed by atoms with Gasteiger partial charge in [0, 0.05) is 19.5 Å². The molecular weight excluding hydrogens is 456 g/mol. The predicted molar refractivity (Wildman–Crippen MR) is 117 cm³/mol. The highest BCUT2D eigenvalue weighted by Crippen LogP contribution is 2.39. The number of aromatic nitrogens is 2. The van der Waals surface area contributed by atoms with E-state index in [0.717, 1.165) is 12.0 Å². The second kappa shape index (κ2) is 9.27. The molecule has 1 N–H and O–H groups in total. The number of carbonyl (C=O) groups excluding carboxylic acids is 1. The molecule has 32 heavy (non-hydrogen) atoms. The van der Waals surface area contributed by atoms with Gasteiger partial charge in [-0.15, -0.1) is 0 Å². The first-order chi connectivity index (χ1) is 15.3. The van der Waals surface area contributed by atoms with E-state index >= 15 is 0 Å². The number of aryl methyl sites for hydroxylation is 2. The van der Waals surface area contributed by atoms with Crippen molar-refractivity contribution in [2.75, 3.05) is 18.1 Å². The minimum Gasteiger partial charge on any atom is -0.482 e. The van der Waals surface area contributed by atoms with Crippen LogP contribution in [-0.2, 0) is 27.8 Å². The lowest BCUT2D eigenvalue weighted by Crippen LogP contribution is -2.38. The molecule has 1 aliphatic heterocycles. The van der Waals surface area contributed by atoms with E-state index in [2.05, 4.69) is 14.9 Å². The van der Waals surface area contributed by atoms with Crippen molar-refractivity contribution in [1.29, 1.82) is 0 Å². The number of anilines is 1. The first kappa shape index (κ1) is 22.3. The number of carbonyl (C=O) groups is 1. The predicted octanol–water partition coefficient (Wildman–Crippen LogP) is 2.87. The molecular formula is C21H21ClN4O5S. The number of hydrogen-bond acceptors (Lipinski definition) is 7. The van der Waals surface area contributed by atoms with E-state index in [-0.39, 0.29) is 41.3 Å². The molecule has 0 bridgehead atoms. The Labute approximate surface area is 190 Å². The fourth-order valence-corrected chi connectivity index (χ4v) is 4.96. The van der Waals surface area contributed by atoms with Crippen molar-refractivity contribution in [2.24, 2.45) is 0 Å². The van der Waals surface area contributed by atoms with E-state index in [9.17, 15) is 13.2 Å². The Morgan fingerprint density at radius 2 is 2.00 bits per heavy atom. The third-order valence-electron chi connectivity index (χ3n) is 4.89. The van der Waals surface area contributed by atoms with Crippen LogP contribution in [0.5, 0.6) is 5.75 Å². The quantitative estimate of drug-likeness (QED) is 0.497. The molecule has 3 aromatic rings. The summed E-state index contributed by atoms with van der Waals surface area (Å²) >= 11 is 6.31. The molecule has 9 nitrogen and oxygen atoms in total. The number of rotatable bonds is 8. The van der Waals surface area contributed by atoms with Gasteiger partial charge < -0.3 is 9.26 Å². The number of fused-ring (bicyclic) bond motifs is 1. The molecule has 2 heterocycles. The summed E-state index contributed by atoms with van der Waals surface area (Å²) in [6.45, 7) is 1.71. The molecule has 0 saturated heterocycles. The number of nitrogens with zero attached hydrogens (tertiary/aromatic N) is 3. The van der Waals surface area contributed by atoms with Crippen molar-refractivity contribution in [3.8, 4) is 5.75 Å². The van der Waals surface area contributed by atoms with Crippen LogP contribution in [0.15, 0.2) is 51.9 Å². The summed E-state index contributed by atoms with van der Waals surface area (Å²) in [5.74, 6) is 0.597. The summed E-state index contributed by atoms with van der Waals surface area (Å²) in [5, 5.41) is 3.78. The molecule has 4 rings (SSSR count). The van der Waals surface area contributed by atoms with Gasteiger partial charge in [-0.2, -0.15) is 4.98 Å². The number of benzene rings is 2. The van der Waals surface area contributed by atoms with Gasteiger partial charge in [0.15, 0.2) is 12.4 Å². The van der Waals surface area contributed by atoms with Crippen molar-refractivity contribution in [3.05, 3.63) is 64.8 Å². The fraction of sp³-hybridized carbons (Fsp3) is 0.286. The van der Waals surface area contributed by atoms with Crippen LogP contribution >= 0.6 is 11.6 Å². The molecule has 1 aromatic heterocycles. The zero-order chi connectivity index (χ0) is 22.7. The Hall–Kier alpha value is -2.95. The van der Waals surface area contributed by atoms with Crippen molar-refractivity contribution in [2.45, 2.75) is 31.2 Å². The number of halogens is 1. The summed E-state index contributed by atoms with van der Waals surface area (Å²) in [7, 11) is -3.87. The number of sulfonamides is 1. The summed E-state index contributed by atoms with van der Waals surface area (Å²) in [5.41, 5.74) is 1.48. The van der Waals surface area contributed by atoms with Crippen molar-refractivity contribution < 1.29 is 22.5 Å². The molecule has 0 radical (unpaired) electrons. The zero-order valence-electron chi connectivity index (χ0n) is 17.2. The Morgan fingerprint density at radius 1 is 1.22 bits per heavy atom. The highest BCUT2D eigenvalue weighted by Gasteiger charge is 2.30. The van der Waals surface area contributed by atoms with Gasteiger partial charge >= 0.3 is 0 Å². The van der Waals surface area contributed by atoms with Crippen LogP contribution in [0.2, 0.25) is 5.02 Å². The van der Waals surface area contributed by atoms with E-state index in [1.54, 1.807) is 6.92 Å². The molecule has 1 aliphatic rings. The van der Waals surface area contributed by atoms with Crippen LogP contribution in [0.3, 0.4) is 0 Å². The Morgan fingerprint density at radius 3 is 2.72 bits per heavy atom. The average Bonchev–Trinajstić information content (AvgIpc) is 3.18. The third kappa shape index (κ3) is 4.93. The molecule has 0 fully saturated rings. The first-order valence-electron chi connectivity index (χ1n) is 9.93. The molecule has 11 heteroatoms. The molecule has 0 unspecified atom stereocenters. The lowest BCUT2D eigenvalue weighted by molar-refractivity contribution is -0.121. The smallest absolute Gasteiger partial charge is 0.265 e. The van der Waals surface area contributed by atoms with Crippen LogP contribution in [0.4, 0.5) is 5.69 Å². The topological polar surface area (TPSA) is 115 Å². The van der Waals surface area contributed by atoms with Crippen LogP contribution in [0.1, 0.15) is 23.7 Å². The van der Waals surface area contributed by atoms with Gasteiger partial charge in [0.1, 0.15) is 10.6 Å². The first-order valence-corrected chi connectivity index (χ1v) is 11.8. The second-order valence-electron chi connectivity index (χ2n) is 7.24. The van der Waals surface area contributed by atoms with Gasteiger partial charge in [-0.1, -0.05) is 47.1 Å². The number of ether oxygens (including phenoxy) is 1. The minimum atomic E-state index is -3.87. The summed E-state index contributed by atoms with van der Waals surface area (Å²) < 4.78 is 38.7. The van der Waals surface area contributed by atoms with E-state index in [4.69, 9.17) is 20.9 Å². The normalized spacial score (nSPS) is 13.7. The highest BCUT2D eigenvalue weighted by atomic mass is 35.5. The lowest BCUT2D eigenvalue weighted by atomic mass is 10.1. The number of amides is 1. The molecule has 0 spiro atoms. The standard InChI is InChI=1S/C21H21ClN4O5S/c1-14-24-20(25-31-14)12-26-17-10-16(22)19(11-18(17)30-13-21(26)27)32(28,29)23-9-5-8-15-6-3-2-4-7-15/h2-4,6-7,10-11,23H,5,8-9,12-13H2,1H3. The van der Waals surface area contributed by atoms with E-state index in [1.165, 1.54) is 17.0 Å². The maximum absolute atomic E-state index is 12.8. The minimum absolute atomic E-state index is 0.0214.